The van der Waals surface area contributed by atoms with E-state index in [9.17, 15) is 4.79 Å². The van der Waals surface area contributed by atoms with Crippen LogP contribution in [0.4, 0.5) is 0 Å². The van der Waals surface area contributed by atoms with E-state index in [-0.39, 0.29) is 11.5 Å². The molecular formula is C31H39N5O2. The molecule has 5 rings (SSSR count). The van der Waals surface area contributed by atoms with Crippen LogP contribution in [0, 0.1) is 0 Å². The molecule has 1 aromatic heterocycles. The molecule has 7 nitrogen and oxygen atoms in total. The summed E-state index contributed by atoms with van der Waals surface area (Å²) in [7, 11) is 0. The molecule has 38 heavy (non-hydrogen) atoms. The summed E-state index contributed by atoms with van der Waals surface area (Å²) in [6.45, 7) is 9.50. The standard InChI is InChI=1S/C31H39N5O2/c1-2-22-38-28-17-9-8-16-26(28)30-32-29(31(37)36(33-30)24-35-20-12-5-13-21-35)27(25-14-6-3-7-15-25)23-34-18-10-4-11-19-34/h2-3,6-9,14-17,27H,1,4-5,10-13,18-24H2. The van der Waals surface area contributed by atoms with Crippen molar-refractivity contribution in [1.29, 1.82) is 0 Å². The van der Waals surface area contributed by atoms with Gasteiger partial charge in [-0.3, -0.25) is 9.69 Å². The van der Waals surface area contributed by atoms with E-state index < -0.39 is 0 Å². The van der Waals surface area contributed by atoms with Gasteiger partial charge in [-0.2, -0.15) is 0 Å². The van der Waals surface area contributed by atoms with Crippen molar-refractivity contribution >= 4 is 0 Å². The van der Waals surface area contributed by atoms with E-state index in [1.807, 2.05) is 42.5 Å². The molecule has 0 saturated carbocycles. The number of benzene rings is 2. The average molecular weight is 514 g/mol. The molecule has 2 fully saturated rings. The second-order valence-electron chi connectivity index (χ2n) is 10.4. The van der Waals surface area contributed by atoms with Crippen LogP contribution in [0.1, 0.15) is 55.7 Å². The predicted octanol–water partition coefficient (Wildman–Crippen LogP) is 4.93. The van der Waals surface area contributed by atoms with Gasteiger partial charge in [0.2, 0.25) is 0 Å². The Hall–Kier alpha value is -3.29. The number of ether oxygens (including phenoxy) is 1. The van der Waals surface area contributed by atoms with Crippen LogP contribution in [-0.2, 0) is 6.67 Å². The van der Waals surface area contributed by atoms with Crippen molar-refractivity contribution in [2.75, 3.05) is 39.3 Å². The van der Waals surface area contributed by atoms with Crippen LogP contribution in [0.3, 0.4) is 0 Å². The van der Waals surface area contributed by atoms with Gasteiger partial charge in [0.25, 0.3) is 5.56 Å². The van der Waals surface area contributed by atoms with Gasteiger partial charge in [-0.1, -0.05) is 68.0 Å². The van der Waals surface area contributed by atoms with Crippen molar-refractivity contribution in [3.05, 3.63) is 88.9 Å². The van der Waals surface area contributed by atoms with E-state index >= 15 is 0 Å². The number of hydrogen-bond acceptors (Lipinski definition) is 6. The molecule has 2 aromatic carbocycles. The van der Waals surface area contributed by atoms with Crippen molar-refractivity contribution in [3.63, 3.8) is 0 Å². The van der Waals surface area contributed by atoms with Gasteiger partial charge in [0.15, 0.2) is 5.82 Å². The molecule has 200 valence electrons. The molecule has 2 saturated heterocycles. The highest BCUT2D eigenvalue weighted by atomic mass is 16.5. The minimum absolute atomic E-state index is 0.102. The van der Waals surface area contributed by atoms with E-state index in [1.165, 1.54) is 25.7 Å². The number of piperidine rings is 2. The van der Waals surface area contributed by atoms with Crippen LogP contribution in [-0.4, -0.2) is 63.9 Å². The van der Waals surface area contributed by atoms with Gasteiger partial charge in [-0.25, -0.2) is 9.67 Å². The lowest BCUT2D eigenvalue weighted by Gasteiger charge is -2.31. The maximum absolute atomic E-state index is 14.1. The first-order valence-corrected chi connectivity index (χ1v) is 14.0. The SMILES string of the molecule is C=CCOc1ccccc1-c1nc(C(CN2CCCCC2)c2ccccc2)c(=O)n(CN2CCCCC2)n1. The van der Waals surface area contributed by atoms with E-state index in [0.29, 0.717) is 30.5 Å². The van der Waals surface area contributed by atoms with Crippen LogP contribution >= 0.6 is 0 Å². The lowest BCUT2D eigenvalue weighted by atomic mass is 9.94. The summed E-state index contributed by atoms with van der Waals surface area (Å²) in [4.78, 5) is 23.9. The Morgan fingerprint density at radius 1 is 0.868 bits per heavy atom. The second-order valence-corrected chi connectivity index (χ2v) is 10.4. The molecule has 0 aliphatic carbocycles. The van der Waals surface area contributed by atoms with E-state index in [0.717, 1.165) is 56.7 Å². The van der Waals surface area contributed by atoms with Crippen LogP contribution in [0.15, 0.2) is 72.0 Å². The first-order chi connectivity index (χ1) is 18.7. The highest BCUT2D eigenvalue weighted by molar-refractivity contribution is 5.63. The van der Waals surface area contributed by atoms with Crippen molar-refractivity contribution in [3.8, 4) is 17.1 Å². The first kappa shape index (κ1) is 26.3. The molecule has 0 bridgehead atoms. The molecule has 1 atom stereocenters. The number of hydrogen-bond donors (Lipinski definition) is 0. The normalized spacial score (nSPS) is 17.7. The zero-order valence-corrected chi connectivity index (χ0v) is 22.3. The molecule has 3 heterocycles. The summed E-state index contributed by atoms with van der Waals surface area (Å²) in [5.41, 5.74) is 2.35. The monoisotopic (exact) mass is 513 g/mol. The van der Waals surface area contributed by atoms with Crippen molar-refractivity contribution in [2.45, 2.75) is 51.1 Å². The zero-order chi connectivity index (χ0) is 26.2. The van der Waals surface area contributed by atoms with E-state index in [4.69, 9.17) is 14.8 Å². The molecule has 2 aliphatic heterocycles. The third-order valence-corrected chi connectivity index (χ3v) is 7.58. The number of para-hydroxylation sites is 1. The lowest BCUT2D eigenvalue weighted by Crippen LogP contribution is -2.41. The number of likely N-dealkylation sites (tertiary alicyclic amines) is 2. The smallest absolute Gasteiger partial charge is 0.290 e. The summed E-state index contributed by atoms with van der Waals surface area (Å²) in [6, 6.07) is 18.1. The second kappa shape index (κ2) is 13.0. The predicted molar refractivity (Wildman–Crippen MR) is 151 cm³/mol. The van der Waals surface area contributed by atoms with Crippen molar-refractivity contribution < 1.29 is 4.74 Å². The number of rotatable bonds is 10. The summed E-state index contributed by atoms with van der Waals surface area (Å²) < 4.78 is 7.60. The lowest BCUT2D eigenvalue weighted by molar-refractivity contribution is 0.168. The minimum atomic E-state index is -0.141. The Morgan fingerprint density at radius 3 is 2.24 bits per heavy atom. The Labute approximate surface area is 225 Å². The highest BCUT2D eigenvalue weighted by Gasteiger charge is 2.27. The molecule has 0 radical (unpaired) electrons. The van der Waals surface area contributed by atoms with Crippen LogP contribution in [0.2, 0.25) is 0 Å². The van der Waals surface area contributed by atoms with Crippen molar-refractivity contribution in [2.24, 2.45) is 0 Å². The van der Waals surface area contributed by atoms with Crippen LogP contribution in [0.5, 0.6) is 5.75 Å². The third kappa shape index (κ3) is 6.40. The Balaban J connectivity index is 1.61. The maximum Gasteiger partial charge on any atom is 0.290 e. The van der Waals surface area contributed by atoms with E-state index in [2.05, 4.69) is 28.5 Å². The van der Waals surface area contributed by atoms with Gasteiger partial charge in [-0.15, -0.1) is 5.10 Å². The zero-order valence-electron chi connectivity index (χ0n) is 22.3. The Kier molecular flexibility index (Phi) is 8.99. The van der Waals surface area contributed by atoms with Crippen LogP contribution < -0.4 is 10.3 Å². The molecule has 0 N–H and O–H groups in total. The Morgan fingerprint density at radius 2 is 1.53 bits per heavy atom. The number of aromatic nitrogens is 3. The molecule has 0 amide bonds. The fourth-order valence-electron chi connectivity index (χ4n) is 5.56. The fourth-order valence-corrected chi connectivity index (χ4v) is 5.56. The summed E-state index contributed by atoms with van der Waals surface area (Å²) in [6.07, 6.45) is 8.94. The summed E-state index contributed by atoms with van der Waals surface area (Å²) in [5.74, 6) is 1.07. The summed E-state index contributed by atoms with van der Waals surface area (Å²) in [5, 5.41) is 4.82. The Bertz CT molecular complexity index is 1250. The minimum Gasteiger partial charge on any atom is -0.489 e. The molecule has 3 aromatic rings. The quantitative estimate of drug-likeness (QED) is 0.358. The largest absolute Gasteiger partial charge is 0.489 e. The first-order valence-electron chi connectivity index (χ1n) is 14.0. The van der Waals surface area contributed by atoms with Gasteiger partial charge in [0.05, 0.1) is 12.2 Å². The average Bonchev–Trinajstić information content (AvgIpc) is 2.98. The van der Waals surface area contributed by atoms with Gasteiger partial charge in [0, 0.05) is 12.5 Å². The molecule has 1 unspecified atom stereocenters. The highest BCUT2D eigenvalue weighted by Crippen LogP contribution is 2.29. The summed E-state index contributed by atoms with van der Waals surface area (Å²) >= 11 is 0. The molecule has 2 aliphatic rings. The van der Waals surface area contributed by atoms with Crippen LogP contribution in [0.25, 0.3) is 11.4 Å². The van der Waals surface area contributed by atoms with Gasteiger partial charge in [0.1, 0.15) is 18.1 Å². The molecule has 7 heteroatoms. The fraction of sp³-hybridized carbons (Fsp3) is 0.452. The third-order valence-electron chi connectivity index (χ3n) is 7.58. The molecular weight excluding hydrogens is 474 g/mol. The van der Waals surface area contributed by atoms with Crippen molar-refractivity contribution in [1.82, 2.24) is 24.6 Å². The van der Waals surface area contributed by atoms with E-state index in [1.54, 1.807) is 10.8 Å². The maximum atomic E-state index is 14.1. The van der Waals surface area contributed by atoms with Gasteiger partial charge in [-0.05, 0) is 69.6 Å². The molecule has 0 spiro atoms. The number of nitrogens with zero attached hydrogens (tertiary/aromatic N) is 5. The van der Waals surface area contributed by atoms with Gasteiger partial charge >= 0.3 is 0 Å². The van der Waals surface area contributed by atoms with Gasteiger partial charge < -0.3 is 9.64 Å². The topological polar surface area (TPSA) is 63.5 Å².